The van der Waals surface area contributed by atoms with Gasteiger partial charge in [-0.25, -0.2) is 0 Å². The van der Waals surface area contributed by atoms with Gasteiger partial charge in [0.1, 0.15) is 11.8 Å². The van der Waals surface area contributed by atoms with Crippen LogP contribution in [0.2, 0.25) is 0 Å². The molecule has 1 saturated heterocycles. The molecule has 1 amide bonds. The first-order valence-electron chi connectivity index (χ1n) is 6.28. The van der Waals surface area contributed by atoms with Crippen molar-refractivity contribution < 1.29 is 9.53 Å². The van der Waals surface area contributed by atoms with Gasteiger partial charge in [-0.3, -0.25) is 4.79 Å². The van der Waals surface area contributed by atoms with Crippen molar-refractivity contribution in [2.24, 2.45) is 0 Å². The Morgan fingerprint density at radius 2 is 2.32 bits per heavy atom. The van der Waals surface area contributed by atoms with Gasteiger partial charge in [0, 0.05) is 25.7 Å². The number of nitrogens with zero attached hydrogens (tertiary/aromatic N) is 2. The Morgan fingerprint density at radius 3 is 3.00 bits per heavy atom. The van der Waals surface area contributed by atoms with Gasteiger partial charge in [-0.1, -0.05) is 18.2 Å². The molecule has 1 atom stereocenters. The number of rotatable bonds is 5. The number of hydrogen-bond acceptors (Lipinski definition) is 4. The fourth-order valence-corrected chi connectivity index (χ4v) is 2.15. The van der Waals surface area contributed by atoms with E-state index >= 15 is 0 Å². The van der Waals surface area contributed by atoms with Gasteiger partial charge in [0.2, 0.25) is 5.91 Å². The van der Waals surface area contributed by atoms with E-state index in [1.807, 2.05) is 37.4 Å². The maximum Gasteiger partial charge on any atom is 0.239 e. The number of nitriles is 1. The average Bonchev–Trinajstić information content (AvgIpc) is 2.75. The van der Waals surface area contributed by atoms with Gasteiger partial charge in [-0.05, 0) is 12.5 Å². The molecule has 1 aliphatic rings. The first-order chi connectivity index (χ1) is 9.22. The minimum Gasteiger partial charge on any atom is -0.478 e. The zero-order valence-electron chi connectivity index (χ0n) is 10.9. The molecule has 1 aromatic carbocycles. The lowest BCUT2D eigenvalue weighted by Gasteiger charge is -2.14. The smallest absolute Gasteiger partial charge is 0.239 e. The number of carbonyl (C=O) groups is 1. The lowest BCUT2D eigenvalue weighted by Crippen LogP contribution is -2.36. The molecule has 100 valence electrons. The average molecular weight is 259 g/mol. The monoisotopic (exact) mass is 259 g/mol. The number of amides is 1. The predicted octanol–water partition coefficient (Wildman–Crippen LogP) is 0.909. The van der Waals surface area contributed by atoms with Gasteiger partial charge in [-0.2, -0.15) is 5.26 Å². The van der Waals surface area contributed by atoms with E-state index in [1.165, 1.54) is 0 Å². The van der Waals surface area contributed by atoms with E-state index in [1.54, 1.807) is 4.90 Å². The highest BCUT2D eigenvalue weighted by atomic mass is 16.5. The fraction of sp³-hybridized carbons (Fsp3) is 0.429. The summed E-state index contributed by atoms with van der Waals surface area (Å²) in [5, 5.41) is 11.8. The van der Waals surface area contributed by atoms with Gasteiger partial charge < -0.3 is 15.0 Å². The number of hydrogen-bond donors (Lipinski definition) is 1. The number of carbonyl (C=O) groups excluding carboxylic acids is 1. The van der Waals surface area contributed by atoms with Crippen LogP contribution in [0.1, 0.15) is 12.0 Å². The van der Waals surface area contributed by atoms with Gasteiger partial charge in [-0.15, -0.1) is 0 Å². The molecular formula is C14H17N3O2. The molecule has 1 unspecified atom stereocenters. The van der Waals surface area contributed by atoms with Crippen LogP contribution < -0.4 is 10.1 Å². The summed E-state index contributed by atoms with van der Waals surface area (Å²) in [6.45, 7) is 1.39. The van der Waals surface area contributed by atoms with Crippen LogP contribution >= 0.6 is 0 Å². The Kier molecular flexibility index (Phi) is 4.37. The Bertz CT molecular complexity index is 496. The lowest BCUT2D eigenvalue weighted by atomic mass is 10.1. The molecular weight excluding hydrogens is 242 g/mol. The molecule has 0 saturated carbocycles. The first-order valence-corrected chi connectivity index (χ1v) is 6.28. The molecule has 0 radical (unpaired) electrons. The molecule has 5 heteroatoms. The Balaban J connectivity index is 1.96. The van der Waals surface area contributed by atoms with E-state index in [4.69, 9.17) is 10.00 Å². The van der Waals surface area contributed by atoms with Crippen LogP contribution in [0.15, 0.2) is 24.3 Å². The summed E-state index contributed by atoms with van der Waals surface area (Å²) in [6, 6.07) is 9.38. The summed E-state index contributed by atoms with van der Waals surface area (Å²) in [5.74, 6) is 0.825. The second-order valence-electron chi connectivity index (χ2n) is 4.54. The minimum absolute atomic E-state index is 0.0299. The largest absolute Gasteiger partial charge is 0.478 e. The second-order valence-corrected chi connectivity index (χ2v) is 4.54. The summed E-state index contributed by atoms with van der Waals surface area (Å²) >= 11 is 0. The highest BCUT2D eigenvalue weighted by Gasteiger charge is 2.28. The van der Waals surface area contributed by atoms with Gasteiger partial charge >= 0.3 is 0 Å². The number of nitrogens with one attached hydrogen (secondary N) is 1. The third-order valence-corrected chi connectivity index (χ3v) is 3.23. The van der Waals surface area contributed by atoms with Crippen LogP contribution in [0.4, 0.5) is 0 Å². The number of benzene rings is 1. The van der Waals surface area contributed by atoms with Gasteiger partial charge in [0.25, 0.3) is 0 Å². The molecule has 1 aromatic rings. The Hall–Kier alpha value is -2.06. The second kappa shape index (κ2) is 6.21. The summed E-state index contributed by atoms with van der Waals surface area (Å²) in [6.07, 6.45) is 0.830. The number of likely N-dealkylation sites (tertiary alicyclic amines) is 1. The van der Waals surface area contributed by atoms with E-state index < -0.39 is 0 Å². The number of ether oxygens (including phenoxy) is 1. The molecule has 0 aliphatic carbocycles. The van der Waals surface area contributed by atoms with Crippen LogP contribution in [0.25, 0.3) is 0 Å². The summed E-state index contributed by atoms with van der Waals surface area (Å²) in [4.78, 5) is 13.5. The highest BCUT2D eigenvalue weighted by molar-refractivity contribution is 5.83. The number of likely N-dealkylation sites (N-methyl/N-ethyl adjacent to an activating group) is 1. The van der Waals surface area contributed by atoms with Crippen molar-refractivity contribution in [3.63, 3.8) is 0 Å². The van der Waals surface area contributed by atoms with Crippen LogP contribution in [-0.4, -0.2) is 37.0 Å². The van der Waals surface area contributed by atoms with Crippen molar-refractivity contribution in [1.82, 2.24) is 10.2 Å². The van der Waals surface area contributed by atoms with Crippen LogP contribution in [0.3, 0.4) is 0 Å². The summed E-state index contributed by atoms with van der Waals surface area (Å²) < 4.78 is 5.35. The first kappa shape index (κ1) is 13.4. The highest BCUT2D eigenvalue weighted by Crippen LogP contribution is 2.18. The lowest BCUT2D eigenvalue weighted by molar-refractivity contribution is -0.128. The van der Waals surface area contributed by atoms with E-state index in [9.17, 15) is 4.79 Å². The van der Waals surface area contributed by atoms with Gasteiger partial charge in [0.05, 0.1) is 6.04 Å². The topological polar surface area (TPSA) is 65.4 Å². The Labute approximate surface area is 112 Å². The fourth-order valence-electron chi connectivity index (χ4n) is 2.15. The summed E-state index contributed by atoms with van der Waals surface area (Å²) in [5.41, 5.74) is 0.958. The molecule has 1 aliphatic heterocycles. The van der Waals surface area contributed by atoms with Crippen molar-refractivity contribution >= 4 is 5.91 Å². The normalized spacial score (nSPS) is 18.4. The van der Waals surface area contributed by atoms with Crippen molar-refractivity contribution in [1.29, 1.82) is 5.26 Å². The maximum atomic E-state index is 11.8. The van der Waals surface area contributed by atoms with Crippen molar-refractivity contribution in [3.05, 3.63) is 29.8 Å². The molecule has 5 nitrogen and oxygen atoms in total. The zero-order chi connectivity index (χ0) is 13.7. The molecule has 1 heterocycles. The minimum atomic E-state index is -0.117. The zero-order valence-corrected chi connectivity index (χ0v) is 10.9. The molecule has 1 fully saturated rings. The molecule has 2 rings (SSSR count). The molecule has 0 bridgehead atoms. The quantitative estimate of drug-likeness (QED) is 0.853. The molecule has 1 N–H and O–H groups in total. The van der Waals surface area contributed by atoms with E-state index in [0.717, 1.165) is 18.5 Å². The third kappa shape index (κ3) is 3.24. The van der Waals surface area contributed by atoms with Gasteiger partial charge in [0.15, 0.2) is 6.61 Å². The Morgan fingerprint density at radius 1 is 1.53 bits per heavy atom. The van der Waals surface area contributed by atoms with Crippen molar-refractivity contribution in [2.75, 3.05) is 20.2 Å². The molecule has 0 aromatic heterocycles. The predicted molar refractivity (Wildman–Crippen MR) is 70.4 cm³/mol. The van der Waals surface area contributed by atoms with Crippen molar-refractivity contribution in [2.45, 2.75) is 19.0 Å². The van der Waals surface area contributed by atoms with Crippen LogP contribution in [0, 0.1) is 11.3 Å². The maximum absolute atomic E-state index is 11.8. The van der Waals surface area contributed by atoms with E-state index in [-0.39, 0.29) is 18.6 Å². The van der Waals surface area contributed by atoms with Crippen molar-refractivity contribution in [3.8, 4) is 11.8 Å². The van der Waals surface area contributed by atoms with Crippen LogP contribution in [-0.2, 0) is 11.3 Å². The van der Waals surface area contributed by atoms with E-state index in [0.29, 0.717) is 12.3 Å². The summed E-state index contributed by atoms with van der Waals surface area (Å²) in [7, 11) is 1.81. The molecule has 0 spiro atoms. The number of para-hydroxylation sites is 1. The molecule has 19 heavy (non-hydrogen) atoms. The van der Waals surface area contributed by atoms with E-state index in [2.05, 4.69) is 5.32 Å². The SMILES string of the molecule is CN1CCC(NCc2ccccc2OCC#N)C1=O. The van der Waals surface area contributed by atoms with Crippen LogP contribution in [0.5, 0.6) is 5.75 Å². The third-order valence-electron chi connectivity index (χ3n) is 3.23. The standard InChI is InChI=1S/C14H17N3O2/c1-17-8-6-12(14(17)18)16-10-11-4-2-3-5-13(11)19-9-7-15/h2-5,12,16H,6,8-10H2,1H3.